The zero-order chi connectivity index (χ0) is 13.2. The summed E-state index contributed by atoms with van der Waals surface area (Å²) in [6.45, 7) is 1.88. The standard InChI is InChI=1S/C14H12N4O/c1-9-7-13(18-17-9)16-14(19)11-4-5-12-10(8-11)3-2-6-15-12/h2-8H,1H3,(H2,16,17,18,19). The molecule has 0 radical (unpaired) electrons. The summed E-state index contributed by atoms with van der Waals surface area (Å²) in [4.78, 5) is 16.3. The van der Waals surface area contributed by atoms with Crippen molar-refractivity contribution < 1.29 is 4.79 Å². The van der Waals surface area contributed by atoms with Crippen molar-refractivity contribution in [2.24, 2.45) is 0 Å². The van der Waals surface area contributed by atoms with Crippen LogP contribution in [0.2, 0.25) is 0 Å². The number of benzene rings is 1. The average molecular weight is 252 g/mol. The van der Waals surface area contributed by atoms with Crippen LogP contribution in [0.15, 0.2) is 42.6 Å². The van der Waals surface area contributed by atoms with Gasteiger partial charge in [-0.2, -0.15) is 5.10 Å². The molecule has 0 aliphatic carbocycles. The number of aromatic amines is 1. The first-order valence-corrected chi connectivity index (χ1v) is 5.90. The molecule has 0 aliphatic heterocycles. The van der Waals surface area contributed by atoms with Gasteiger partial charge in [0.1, 0.15) is 0 Å². The van der Waals surface area contributed by atoms with E-state index in [0.29, 0.717) is 11.4 Å². The van der Waals surface area contributed by atoms with Gasteiger partial charge >= 0.3 is 0 Å². The molecule has 0 fully saturated rings. The van der Waals surface area contributed by atoms with Gasteiger partial charge in [-0.25, -0.2) is 0 Å². The van der Waals surface area contributed by atoms with E-state index in [1.807, 2.05) is 31.2 Å². The number of nitrogens with one attached hydrogen (secondary N) is 2. The quantitative estimate of drug-likeness (QED) is 0.736. The maximum Gasteiger partial charge on any atom is 0.256 e. The van der Waals surface area contributed by atoms with E-state index in [-0.39, 0.29) is 5.91 Å². The molecule has 3 rings (SSSR count). The van der Waals surface area contributed by atoms with Gasteiger partial charge in [0.25, 0.3) is 5.91 Å². The monoisotopic (exact) mass is 252 g/mol. The third kappa shape index (κ3) is 2.30. The first kappa shape index (κ1) is 11.4. The Bertz CT molecular complexity index is 748. The van der Waals surface area contributed by atoms with Crippen LogP contribution in [0, 0.1) is 6.92 Å². The van der Waals surface area contributed by atoms with Gasteiger partial charge < -0.3 is 5.32 Å². The minimum absolute atomic E-state index is 0.183. The van der Waals surface area contributed by atoms with Crippen molar-refractivity contribution >= 4 is 22.6 Å². The van der Waals surface area contributed by atoms with Crippen LogP contribution in [-0.4, -0.2) is 21.1 Å². The fourth-order valence-corrected chi connectivity index (χ4v) is 1.89. The molecule has 5 nitrogen and oxygen atoms in total. The molecule has 0 saturated heterocycles. The SMILES string of the molecule is Cc1cc(NC(=O)c2ccc3ncccc3c2)n[nH]1. The van der Waals surface area contributed by atoms with E-state index in [4.69, 9.17) is 0 Å². The molecular formula is C14H12N4O. The number of nitrogens with zero attached hydrogens (tertiary/aromatic N) is 2. The minimum atomic E-state index is -0.183. The maximum atomic E-state index is 12.1. The number of rotatable bonds is 2. The molecule has 0 atom stereocenters. The zero-order valence-electron chi connectivity index (χ0n) is 10.3. The van der Waals surface area contributed by atoms with E-state index in [1.54, 1.807) is 18.3 Å². The highest BCUT2D eigenvalue weighted by atomic mass is 16.1. The van der Waals surface area contributed by atoms with Crippen LogP contribution in [0.5, 0.6) is 0 Å². The van der Waals surface area contributed by atoms with Gasteiger partial charge in [-0.1, -0.05) is 6.07 Å². The van der Waals surface area contributed by atoms with Crippen molar-refractivity contribution in [1.82, 2.24) is 15.2 Å². The first-order chi connectivity index (χ1) is 9.22. The molecule has 94 valence electrons. The van der Waals surface area contributed by atoms with Crippen molar-refractivity contribution in [2.45, 2.75) is 6.92 Å². The normalized spacial score (nSPS) is 10.6. The fraction of sp³-hybridized carbons (Fsp3) is 0.0714. The molecular weight excluding hydrogens is 240 g/mol. The third-order valence-corrected chi connectivity index (χ3v) is 2.81. The minimum Gasteiger partial charge on any atom is -0.305 e. The second kappa shape index (κ2) is 4.53. The number of anilines is 1. The number of pyridine rings is 1. The van der Waals surface area contributed by atoms with Crippen LogP contribution in [-0.2, 0) is 0 Å². The Hall–Kier alpha value is -2.69. The van der Waals surface area contributed by atoms with E-state index in [9.17, 15) is 4.79 Å². The van der Waals surface area contributed by atoms with E-state index in [0.717, 1.165) is 16.6 Å². The maximum absolute atomic E-state index is 12.1. The van der Waals surface area contributed by atoms with Gasteiger partial charge in [0.05, 0.1) is 5.52 Å². The molecule has 3 aromatic rings. The van der Waals surface area contributed by atoms with Gasteiger partial charge in [0, 0.05) is 28.9 Å². The summed E-state index contributed by atoms with van der Waals surface area (Å²) in [5.41, 5.74) is 2.36. The summed E-state index contributed by atoms with van der Waals surface area (Å²) >= 11 is 0. The number of carbonyl (C=O) groups is 1. The summed E-state index contributed by atoms with van der Waals surface area (Å²) in [6.07, 6.45) is 1.73. The van der Waals surface area contributed by atoms with Crippen molar-refractivity contribution in [2.75, 3.05) is 5.32 Å². The highest BCUT2D eigenvalue weighted by Crippen LogP contribution is 2.14. The topological polar surface area (TPSA) is 70.7 Å². The molecule has 0 spiro atoms. The lowest BCUT2D eigenvalue weighted by molar-refractivity contribution is 0.102. The van der Waals surface area contributed by atoms with Crippen molar-refractivity contribution in [3.8, 4) is 0 Å². The molecule has 1 amide bonds. The molecule has 0 unspecified atom stereocenters. The molecule has 5 heteroatoms. The van der Waals surface area contributed by atoms with Crippen molar-refractivity contribution in [3.05, 3.63) is 53.9 Å². The predicted octanol–water partition coefficient (Wildman–Crippen LogP) is 2.52. The second-order valence-corrected chi connectivity index (χ2v) is 4.30. The van der Waals surface area contributed by atoms with Crippen LogP contribution >= 0.6 is 0 Å². The summed E-state index contributed by atoms with van der Waals surface area (Å²) in [5.74, 6) is 0.339. The van der Waals surface area contributed by atoms with E-state index in [2.05, 4.69) is 20.5 Å². The Morgan fingerprint density at radius 1 is 1.26 bits per heavy atom. The number of H-pyrrole nitrogens is 1. The number of hydrogen-bond acceptors (Lipinski definition) is 3. The molecule has 0 saturated carbocycles. The lowest BCUT2D eigenvalue weighted by atomic mass is 10.1. The Morgan fingerprint density at radius 2 is 2.16 bits per heavy atom. The van der Waals surface area contributed by atoms with E-state index in [1.165, 1.54) is 0 Å². The summed E-state index contributed by atoms with van der Waals surface area (Å²) in [7, 11) is 0. The number of amides is 1. The molecule has 1 aromatic carbocycles. The lowest BCUT2D eigenvalue weighted by Crippen LogP contribution is -2.12. The van der Waals surface area contributed by atoms with Crippen LogP contribution in [0.4, 0.5) is 5.82 Å². The number of aryl methyl sites for hydroxylation is 1. The van der Waals surface area contributed by atoms with Gasteiger partial charge in [0.15, 0.2) is 5.82 Å². The molecule has 19 heavy (non-hydrogen) atoms. The third-order valence-electron chi connectivity index (χ3n) is 2.81. The Morgan fingerprint density at radius 3 is 2.95 bits per heavy atom. The number of fused-ring (bicyclic) bond motifs is 1. The zero-order valence-corrected chi connectivity index (χ0v) is 10.3. The lowest BCUT2D eigenvalue weighted by Gasteiger charge is -2.03. The predicted molar refractivity (Wildman–Crippen MR) is 73.0 cm³/mol. The largest absolute Gasteiger partial charge is 0.305 e. The number of hydrogen-bond donors (Lipinski definition) is 2. The summed E-state index contributed by atoms with van der Waals surface area (Å²) in [5, 5.41) is 10.4. The highest BCUT2D eigenvalue weighted by molar-refractivity contribution is 6.05. The summed E-state index contributed by atoms with van der Waals surface area (Å²) < 4.78 is 0. The second-order valence-electron chi connectivity index (χ2n) is 4.30. The van der Waals surface area contributed by atoms with Gasteiger partial charge in [-0.05, 0) is 31.2 Å². The molecule has 2 aromatic heterocycles. The van der Waals surface area contributed by atoms with Crippen molar-refractivity contribution in [1.29, 1.82) is 0 Å². The first-order valence-electron chi connectivity index (χ1n) is 5.90. The Balaban J connectivity index is 1.89. The van der Waals surface area contributed by atoms with E-state index < -0.39 is 0 Å². The van der Waals surface area contributed by atoms with Crippen LogP contribution < -0.4 is 5.32 Å². The average Bonchev–Trinajstić information content (AvgIpc) is 2.83. The fourth-order valence-electron chi connectivity index (χ4n) is 1.89. The molecule has 2 heterocycles. The van der Waals surface area contributed by atoms with Crippen LogP contribution in [0.1, 0.15) is 16.1 Å². The number of carbonyl (C=O) groups excluding carboxylic acids is 1. The highest BCUT2D eigenvalue weighted by Gasteiger charge is 2.08. The van der Waals surface area contributed by atoms with E-state index >= 15 is 0 Å². The molecule has 2 N–H and O–H groups in total. The number of aromatic nitrogens is 3. The van der Waals surface area contributed by atoms with Gasteiger partial charge in [0.2, 0.25) is 0 Å². The Labute approximate surface area is 109 Å². The molecule has 0 aliphatic rings. The summed E-state index contributed by atoms with van der Waals surface area (Å²) in [6, 6.07) is 11.0. The molecule has 0 bridgehead atoms. The smallest absolute Gasteiger partial charge is 0.256 e. The van der Waals surface area contributed by atoms with Crippen LogP contribution in [0.25, 0.3) is 10.9 Å². The van der Waals surface area contributed by atoms with Crippen LogP contribution in [0.3, 0.4) is 0 Å². The van der Waals surface area contributed by atoms with Gasteiger partial charge in [-0.15, -0.1) is 0 Å². The van der Waals surface area contributed by atoms with Gasteiger partial charge in [-0.3, -0.25) is 14.9 Å². The van der Waals surface area contributed by atoms with Crippen molar-refractivity contribution in [3.63, 3.8) is 0 Å². The Kier molecular flexibility index (Phi) is 2.72.